The Morgan fingerprint density at radius 3 is 2.68 bits per heavy atom. The van der Waals surface area contributed by atoms with Gasteiger partial charge in [0.25, 0.3) is 0 Å². The molecule has 0 bridgehead atoms. The molecule has 0 unspecified atom stereocenters. The first-order chi connectivity index (χ1) is 10.6. The van der Waals surface area contributed by atoms with Gasteiger partial charge in [0.1, 0.15) is 6.04 Å². The Bertz CT molecular complexity index is 547. The lowest BCUT2D eigenvalue weighted by Crippen LogP contribution is -2.46. The average Bonchev–Trinajstić information content (AvgIpc) is 3.02. The molecule has 1 aromatic rings. The Hall–Kier alpha value is -2.57. The second kappa shape index (κ2) is 7.44. The number of hydrogen-bond acceptors (Lipinski definition) is 4. The zero-order valence-electron chi connectivity index (χ0n) is 12.4. The van der Waals surface area contributed by atoms with Crippen molar-refractivity contribution in [3.63, 3.8) is 0 Å². The van der Waals surface area contributed by atoms with E-state index in [1.54, 1.807) is 24.3 Å². The highest BCUT2D eigenvalue weighted by Crippen LogP contribution is 2.18. The first-order valence-electron chi connectivity index (χ1n) is 7.09. The summed E-state index contributed by atoms with van der Waals surface area (Å²) < 4.78 is 4.69. The predicted octanol–water partition coefficient (Wildman–Crippen LogP) is 0.972. The van der Waals surface area contributed by atoms with Crippen molar-refractivity contribution in [2.24, 2.45) is 0 Å². The molecule has 1 aromatic carbocycles. The maximum absolute atomic E-state index is 12.1. The van der Waals surface area contributed by atoms with E-state index >= 15 is 0 Å². The van der Waals surface area contributed by atoms with Crippen LogP contribution in [0.25, 0.3) is 0 Å². The molecular formula is C15H19N3O4. The van der Waals surface area contributed by atoms with Gasteiger partial charge in [-0.15, -0.1) is 0 Å². The van der Waals surface area contributed by atoms with Gasteiger partial charge in [-0.25, -0.2) is 9.59 Å². The fourth-order valence-corrected chi connectivity index (χ4v) is 2.40. The Labute approximate surface area is 128 Å². The molecule has 1 aliphatic rings. The highest BCUT2D eigenvalue weighted by Gasteiger charge is 2.34. The van der Waals surface area contributed by atoms with Crippen LogP contribution >= 0.6 is 0 Å². The summed E-state index contributed by atoms with van der Waals surface area (Å²) in [4.78, 5) is 36.9. The standard InChI is InChI=1S/C15H19N3O4/c1-22-14(20)12-8-5-9-18(12)13(19)10-16-15(21)17-11-6-3-2-4-7-11/h2-4,6-7,12H,5,8-10H2,1H3,(H2,16,17,21)/t12-/m0/s1. The van der Waals surface area contributed by atoms with E-state index in [4.69, 9.17) is 0 Å². The van der Waals surface area contributed by atoms with E-state index in [-0.39, 0.29) is 12.5 Å². The lowest BCUT2D eigenvalue weighted by molar-refractivity contribution is -0.150. The molecule has 2 rings (SSSR count). The van der Waals surface area contributed by atoms with Crippen LogP contribution in [0.5, 0.6) is 0 Å². The Balaban J connectivity index is 1.82. The number of benzene rings is 1. The monoisotopic (exact) mass is 305 g/mol. The minimum absolute atomic E-state index is 0.161. The first kappa shape index (κ1) is 15.8. The van der Waals surface area contributed by atoms with Crippen molar-refractivity contribution in [3.8, 4) is 0 Å². The quantitative estimate of drug-likeness (QED) is 0.812. The van der Waals surface area contributed by atoms with E-state index < -0.39 is 18.0 Å². The number of amides is 3. The maximum Gasteiger partial charge on any atom is 0.328 e. The summed E-state index contributed by atoms with van der Waals surface area (Å²) in [5.74, 6) is -0.712. The summed E-state index contributed by atoms with van der Waals surface area (Å²) in [5, 5.41) is 5.11. The summed E-state index contributed by atoms with van der Waals surface area (Å²) in [6, 6.07) is 7.92. The van der Waals surface area contributed by atoms with Crippen LogP contribution in [0.15, 0.2) is 30.3 Å². The van der Waals surface area contributed by atoms with Crippen LogP contribution in [0.3, 0.4) is 0 Å². The van der Waals surface area contributed by atoms with Crippen molar-refractivity contribution < 1.29 is 19.1 Å². The summed E-state index contributed by atoms with van der Waals surface area (Å²) >= 11 is 0. The van der Waals surface area contributed by atoms with E-state index in [0.29, 0.717) is 18.7 Å². The van der Waals surface area contributed by atoms with Gasteiger partial charge in [0, 0.05) is 12.2 Å². The minimum Gasteiger partial charge on any atom is -0.467 e. The van der Waals surface area contributed by atoms with Crippen molar-refractivity contribution in [2.45, 2.75) is 18.9 Å². The molecule has 1 aliphatic heterocycles. The van der Waals surface area contributed by atoms with Crippen LogP contribution in [0, 0.1) is 0 Å². The molecule has 0 spiro atoms. The van der Waals surface area contributed by atoms with Gasteiger partial charge in [-0.05, 0) is 25.0 Å². The molecule has 1 fully saturated rings. The molecule has 118 valence electrons. The van der Waals surface area contributed by atoms with E-state index in [0.717, 1.165) is 6.42 Å². The molecule has 0 aliphatic carbocycles. The molecule has 1 atom stereocenters. The fraction of sp³-hybridized carbons (Fsp3) is 0.400. The second-order valence-corrected chi connectivity index (χ2v) is 4.94. The summed E-state index contributed by atoms with van der Waals surface area (Å²) in [7, 11) is 1.30. The van der Waals surface area contributed by atoms with E-state index in [2.05, 4.69) is 15.4 Å². The summed E-state index contributed by atoms with van der Waals surface area (Å²) in [6.45, 7) is 0.340. The molecular weight excluding hydrogens is 286 g/mol. The van der Waals surface area contributed by atoms with Gasteiger partial charge in [0.2, 0.25) is 5.91 Å². The number of ether oxygens (including phenoxy) is 1. The molecule has 0 aromatic heterocycles. The largest absolute Gasteiger partial charge is 0.467 e. The second-order valence-electron chi connectivity index (χ2n) is 4.94. The predicted molar refractivity (Wildman–Crippen MR) is 80.2 cm³/mol. The number of urea groups is 1. The number of esters is 1. The first-order valence-corrected chi connectivity index (χ1v) is 7.09. The van der Waals surface area contributed by atoms with E-state index in [9.17, 15) is 14.4 Å². The lowest BCUT2D eigenvalue weighted by atomic mass is 10.2. The average molecular weight is 305 g/mol. The number of carbonyl (C=O) groups excluding carboxylic acids is 3. The lowest BCUT2D eigenvalue weighted by Gasteiger charge is -2.22. The number of anilines is 1. The molecule has 7 nitrogen and oxygen atoms in total. The van der Waals surface area contributed by atoms with Crippen LogP contribution in [-0.2, 0) is 14.3 Å². The van der Waals surface area contributed by atoms with Crippen LogP contribution in [-0.4, -0.2) is 49.0 Å². The number of nitrogens with zero attached hydrogens (tertiary/aromatic N) is 1. The number of methoxy groups -OCH3 is 1. The molecule has 0 saturated carbocycles. The molecule has 0 radical (unpaired) electrons. The van der Waals surface area contributed by atoms with Crippen molar-refractivity contribution in [3.05, 3.63) is 30.3 Å². The van der Waals surface area contributed by atoms with Crippen LogP contribution in [0.2, 0.25) is 0 Å². The number of para-hydroxylation sites is 1. The zero-order chi connectivity index (χ0) is 15.9. The highest BCUT2D eigenvalue weighted by molar-refractivity contribution is 5.93. The van der Waals surface area contributed by atoms with E-state index in [1.165, 1.54) is 12.0 Å². The Morgan fingerprint density at radius 1 is 1.27 bits per heavy atom. The number of likely N-dealkylation sites (tertiary alicyclic amines) is 1. The molecule has 22 heavy (non-hydrogen) atoms. The normalized spacial score (nSPS) is 17.0. The van der Waals surface area contributed by atoms with Gasteiger partial charge in [-0.1, -0.05) is 18.2 Å². The molecule has 1 saturated heterocycles. The van der Waals surface area contributed by atoms with Gasteiger partial charge in [0.15, 0.2) is 0 Å². The van der Waals surface area contributed by atoms with Crippen molar-refractivity contribution in [2.75, 3.05) is 25.5 Å². The molecule has 2 N–H and O–H groups in total. The zero-order valence-corrected chi connectivity index (χ0v) is 12.4. The summed E-state index contributed by atoms with van der Waals surface area (Å²) in [6.07, 6.45) is 1.34. The maximum atomic E-state index is 12.1. The number of nitrogens with one attached hydrogen (secondary N) is 2. The van der Waals surface area contributed by atoms with Crippen LogP contribution in [0.4, 0.5) is 10.5 Å². The van der Waals surface area contributed by atoms with Crippen LogP contribution < -0.4 is 10.6 Å². The highest BCUT2D eigenvalue weighted by atomic mass is 16.5. The van der Waals surface area contributed by atoms with Gasteiger partial charge >= 0.3 is 12.0 Å². The van der Waals surface area contributed by atoms with Crippen molar-refractivity contribution >= 4 is 23.6 Å². The molecule has 1 heterocycles. The fourth-order valence-electron chi connectivity index (χ4n) is 2.40. The van der Waals surface area contributed by atoms with Crippen molar-refractivity contribution in [1.82, 2.24) is 10.2 Å². The molecule has 7 heteroatoms. The van der Waals surface area contributed by atoms with Crippen molar-refractivity contribution in [1.29, 1.82) is 0 Å². The third-order valence-corrected chi connectivity index (χ3v) is 3.48. The Kier molecular flexibility index (Phi) is 5.35. The third-order valence-electron chi connectivity index (χ3n) is 3.48. The number of hydrogen-bond donors (Lipinski definition) is 2. The smallest absolute Gasteiger partial charge is 0.328 e. The minimum atomic E-state index is -0.545. The van der Waals surface area contributed by atoms with Gasteiger partial charge in [-0.2, -0.15) is 0 Å². The number of rotatable bonds is 4. The van der Waals surface area contributed by atoms with Gasteiger partial charge in [0.05, 0.1) is 13.7 Å². The summed E-state index contributed by atoms with van der Waals surface area (Å²) in [5.41, 5.74) is 0.640. The van der Waals surface area contributed by atoms with Gasteiger partial charge < -0.3 is 20.3 Å². The van der Waals surface area contributed by atoms with Gasteiger partial charge in [-0.3, -0.25) is 4.79 Å². The van der Waals surface area contributed by atoms with Crippen LogP contribution in [0.1, 0.15) is 12.8 Å². The molecule has 3 amide bonds. The topological polar surface area (TPSA) is 87.7 Å². The number of carbonyl (C=O) groups is 3. The third kappa shape index (κ3) is 3.97. The van der Waals surface area contributed by atoms with E-state index in [1.807, 2.05) is 6.07 Å². The SMILES string of the molecule is COC(=O)[C@@H]1CCCN1C(=O)CNC(=O)Nc1ccccc1. The Morgan fingerprint density at radius 2 is 2.00 bits per heavy atom.